The number of carboxylic acid groups (broad SMARTS) is 1. The maximum Gasteiger partial charge on any atom is 0.357 e. The number of rotatable bonds is 4. The van der Waals surface area contributed by atoms with Crippen molar-refractivity contribution in [3.63, 3.8) is 0 Å². The first-order valence-corrected chi connectivity index (χ1v) is 5.59. The zero-order valence-corrected chi connectivity index (χ0v) is 10.4. The van der Waals surface area contributed by atoms with Crippen molar-refractivity contribution in [1.29, 1.82) is 0 Å². The molecule has 0 radical (unpaired) electrons. The number of hydrogen-bond acceptors (Lipinski definition) is 4. The summed E-state index contributed by atoms with van der Waals surface area (Å²) in [6.07, 6.45) is 1.11. The summed E-state index contributed by atoms with van der Waals surface area (Å²) in [4.78, 5) is 16.2. The lowest BCUT2D eigenvalue weighted by molar-refractivity contribution is 0.0690. The van der Waals surface area contributed by atoms with Gasteiger partial charge < -0.3 is 14.4 Å². The summed E-state index contributed by atoms with van der Waals surface area (Å²) in [5.74, 6) is -1.11. The van der Waals surface area contributed by atoms with Gasteiger partial charge in [-0.1, -0.05) is 29.8 Å². The highest BCUT2D eigenvalue weighted by Crippen LogP contribution is 2.20. The zero-order chi connectivity index (χ0) is 13.1. The number of carboxylic acids is 1. The molecule has 5 nitrogen and oxygen atoms in total. The number of oxazole rings is 1. The van der Waals surface area contributed by atoms with Crippen LogP contribution in [0.25, 0.3) is 0 Å². The van der Waals surface area contributed by atoms with E-state index in [0.29, 0.717) is 11.6 Å². The van der Waals surface area contributed by atoms with Crippen molar-refractivity contribution in [1.82, 2.24) is 4.98 Å². The van der Waals surface area contributed by atoms with Crippen molar-refractivity contribution in [2.24, 2.45) is 0 Å². The van der Waals surface area contributed by atoms with Crippen molar-refractivity contribution in [2.45, 2.75) is 6.54 Å². The van der Waals surface area contributed by atoms with Gasteiger partial charge in [-0.25, -0.2) is 4.79 Å². The Labute approximate surface area is 109 Å². The van der Waals surface area contributed by atoms with Crippen LogP contribution < -0.4 is 4.90 Å². The van der Waals surface area contributed by atoms with Crippen molar-refractivity contribution >= 4 is 23.6 Å². The Morgan fingerprint density at radius 1 is 1.50 bits per heavy atom. The molecular formula is C12H11ClN2O3. The van der Waals surface area contributed by atoms with Gasteiger partial charge in [-0.3, -0.25) is 0 Å². The van der Waals surface area contributed by atoms with Gasteiger partial charge in [0.15, 0.2) is 5.69 Å². The number of aromatic nitrogens is 1. The van der Waals surface area contributed by atoms with E-state index in [1.807, 2.05) is 18.2 Å². The number of benzene rings is 1. The van der Waals surface area contributed by atoms with Gasteiger partial charge in [-0.2, -0.15) is 4.98 Å². The minimum Gasteiger partial charge on any atom is -0.476 e. The largest absolute Gasteiger partial charge is 0.476 e. The van der Waals surface area contributed by atoms with E-state index in [4.69, 9.17) is 21.1 Å². The predicted octanol–water partition coefficient (Wildman–Crippen LogP) is 2.66. The van der Waals surface area contributed by atoms with Gasteiger partial charge in [-0.05, 0) is 11.6 Å². The monoisotopic (exact) mass is 266 g/mol. The third kappa shape index (κ3) is 2.62. The van der Waals surface area contributed by atoms with E-state index in [9.17, 15) is 4.79 Å². The first kappa shape index (κ1) is 12.4. The first-order chi connectivity index (χ1) is 8.58. The lowest BCUT2D eigenvalue weighted by Crippen LogP contribution is -2.17. The lowest BCUT2D eigenvalue weighted by atomic mass is 10.2. The van der Waals surface area contributed by atoms with Crippen LogP contribution in [0.3, 0.4) is 0 Å². The average molecular weight is 267 g/mol. The molecule has 0 saturated carbocycles. The summed E-state index contributed by atoms with van der Waals surface area (Å²) in [6.45, 7) is 0.485. The summed E-state index contributed by atoms with van der Waals surface area (Å²) in [5.41, 5.74) is 0.799. The predicted molar refractivity (Wildman–Crippen MR) is 67.0 cm³/mol. The average Bonchev–Trinajstić information content (AvgIpc) is 2.81. The molecule has 0 aliphatic carbocycles. The Balaban J connectivity index is 2.14. The third-order valence-corrected chi connectivity index (χ3v) is 2.77. The summed E-state index contributed by atoms with van der Waals surface area (Å²) < 4.78 is 5.09. The topological polar surface area (TPSA) is 66.6 Å². The number of halogens is 1. The molecule has 0 spiro atoms. The highest BCUT2D eigenvalue weighted by Gasteiger charge is 2.14. The number of aromatic carboxylic acids is 1. The summed E-state index contributed by atoms with van der Waals surface area (Å²) in [6, 6.07) is 7.66. The summed E-state index contributed by atoms with van der Waals surface area (Å²) in [7, 11) is 1.75. The molecule has 6 heteroatoms. The van der Waals surface area contributed by atoms with Crippen molar-refractivity contribution in [3.8, 4) is 0 Å². The molecule has 1 aromatic heterocycles. The molecule has 0 bridgehead atoms. The van der Waals surface area contributed by atoms with Crippen molar-refractivity contribution in [2.75, 3.05) is 11.9 Å². The van der Waals surface area contributed by atoms with E-state index in [-0.39, 0.29) is 11.7 Å². The molecule has 0 amide bonds. The van der Waals surface area contributed by atoms with E-state index < -0.39 is 5.97 Å². The van der Waals surface area contributed by atoms with Crippen LogP contribution in [0.1, 0.15) is 16.1 Å². The summed E-state index contributed by atoms with van der Waals surface area (Å²) in [5, 5.41) is 9.40. The second-order valence-electron chi connectivity index (χ2n) is 3.77. The van der Waals surface area contributed by atoms with Crippen LogP contribution in [0.5, 0.6) is 0 Å². The molecule has 18 heavy (non-hydrogen) atoms. The van der Waals surface area contributed by atoms with Crippen LogP contribution in [-0.2, 0) is 6.54 Å². The second-order valence-corrected chi connectivity index (χ2v) is 4.18. The minimum atomic E-state index is -1.11. The fourth-order valence-electron chi connectivity index (χ4n) is 1.49. The molecule has 0 aliphatic rings. The van der Waals surface area contributed by atoms with Gasteiger partial charge in [0, 0.05) is 18.6 Å². The SMILES string of the molecule is CN(Cc1ccccc1Cl)c1nc(C(=O)O)co1. The first-order valence-electron chi connectivity index (χ1n) is 5.21. The van der Waals surface area contributed by atoms with Crippen molar-refractivity contribution in [3.05, 3.63) is 46.8 Å². The van der Waals surface area contributed by atoms with E-state index >= 15 is 0 Å². The molecular weight excluding hydrogens is 256 g/mol. The molecule has 1 aromatic carbocycles. The van der Waals surface area contributed by atoms with Gasteiger partial charge in [0.05, 0.1) is 0 Å². The number of hydrogen-bond donors (Lipinski definition) is 1. The minimum absolute atomic E-state index is 0.115. The maximum atomic E-state index is 10.7. The molecule has 0 unspecified atom stereocenters. The molecule has 2 rings (SSSR count). The molecule has 0 atom stereocenters. The van der Waals surface area contributed by atoms with E-state index in [1.54, 1.807) is 18.0 Å². The Morgan fingerprint density at radius 2 is 2.22 bits per heavy atom. The Hall–Kier alpha value is -2.01. The van der Waals surface area contributed by atoms with Crippen LogP contribution in [0.4, 0.5) is 6.01 Å². The quantitative estimate of drug-likeness (QED) is 0.921. The van der Waals surface area contributed by atoms with Gasteiger partial charge in [0.25, 0.3) is 6.01 Å². The summed E-state index contributed by atoms with van der Waals surface area (Å²) >= 11 is 6.04. The molecule has 0 fully saturated rings. The standard InChI is InChI=1S/C12H11ClN2O3/c1-15(6-8-4-2-3-5-9(8)13)12-14-10(7-18-12)11(16)17/h2-5,7H,6H2,1H3,(H,16,17). The molecule has 94 valence electrons. The van der Waals surface area contributed by atoms with Crippen LogP contribution in [0.2, 0.25) is 5.02 Å². The fourth-order valence-corrected chi connectivity index (χ4v) is 1.68. The lowest BCUT2D eigenvalue weighted by Gasteiger charge is -2.15. The van der Waals surface area contributed by atoms with E-state index in [0.717, 1.165) is 11.8 Å². The molecule has 1 N–H and O–H groups in total. The highest BCUT2D eigenvalue weighted by molar-refractivity contribution is 6.31. The highest BCUT2D eigenvalue weighted by atomic mass is 35.5. The van der Waals surface area contributed by atoms with Crippen LogP contribution in [-0.4, -0.2) is 23.1 Å². The smallest absolute Gasteiger partial charge is 0.357 e. The fraction of sp³-hybridized carbons (Fsp3) is 0.167. The second kappa shape index (κ2) is 5.10. The maximum absolute atomic E-state index is 10.7. The normalized spacial score (nSPS) is 10.3. The van der Waals surface area contributed by atoms with E-state index in [2.05, 4.69) is 4.98 Å². The Bertz CT molecular complexity index is 568. The number of anilines is 1. The zero-order valence-electron chi connectivity index (χ0n) is 9.63. The van der Waals surface area contributed by atoms with Gasteiger partial charge in [0.2, 0.25) is 0 Å². The molecule has 1 heterocycles. The Morgan fingerprint density at radius 3 is 2.83 bits per heavy atom. The third-order valence-electron chi connectivity index (χ3n) is 2.40. The van der Waals surface area contributed by atoms with Gasteiger partial charge in [0.1, 0.15) is 6.26 Å². The molecule has 0 aliphatic heterocycles. The molecule has 0 saturated heterocycles. The van der Waals surface area contributed by atoms with Gasteiger partial charge in [-0.15, -0.1) is 0 Å². The van der Waals surface area contributed by atoms with Crippen LogP contribution in [0.15, 0.2) is 34.9 Å². The molecule has 2 aromatic rings. The van der Waals surface area contributed by atoms with Gasteiger partial charge >= 0.3 is 5.97 Å². The number of nitrogens with zero attached hydrogens (tertiary/aromatic N) is 2. The number of carbonyl (C=O) groups is 1. The van der Waals surface area contributed by atoms with Crippen molar-refractivity contribution < 1.29 is 14.3 Å². The Kier molecular flexibility index (Phi) is 3.53. The van der Waals surface area contributed by atoms with Crippen LogP contribution in [0, 0.1) is 0 Å². The van der Waals surface area contributed by atoms with Crippen LogP contribution >= 0.6 is 11.6 Å². The van der Waals surface area contributed by atoms with E-state index in [1.165, 1.54) is 0 Å².